The molecule has 1 heterocycles. The third kappa shape index (κ3) is 2.97. The van der Waals surface area contributed by atoms with Gasteiger partial charge in [-0.1, -0.05) is 32.4 Å². The van der Waals surface area contributed by atoms with Gasteiger partial charge in [0.1, 0.15) is 11.6 Å². The molecule has 0 unspecified atom stereocenters. The van der Waals surface area contributed by atoms with Crippen molar-refractivity contribution in [1.29, 1.82) is 0 Å². The normalized spacial score (nSPS) is 11.6. The minimum absolute atomic E-state index is 0.0839. The van der Waals surface area contributed by atoms with Crippen LogP contribution >= 0.6 is 23.1 Å². The average Bonchev–Trinajstić information content (AvgIpc) is 2.72. The third-order valence-corrected chi connectivity index (χ3v) is 3.19. The topological polar surface area (TPSA) is 37.8 Å². The summed E-state index contributed by atoms with van der Waals surface area (Å²) in [7, 11) is 0. The zero-order chi connectivity index (χ0) is 13.3. The molecule has 18 heavy (non-hydrogen) atoms. The van der Waals surface area contributed by atoms with Crippen LogP contribution in [0.25, 0.3) is 0 Å². The van der Waals surface area contributed by atoms with E-state index in [4.69, 9.17) is 11.6 Å². The maximum absolute atomic E-state index is 13.0. The molecule has 0 radical (unpaired) electrons. The van der Waals surface area contributed by atoms with Crippen molar-refractivity contribution in [3.63, 3.8) is 0 Å². The van der Waals surface area contributed by atoms with Gasteiger partial charge in [-0.25, -0.2) is 9.37 Å². The fourth-order valence-electron chi connectivity index (χ4n) is 1.28. The monoisotopic (exact) mass is 285 g/mol. The van der Waals surface area contributed by atoms with Gasteiger partial charge in [-0.3, -0.25) is 0 Å². The summed E-state index contributed by atoms with van der Waals surface area (Å²) >= 11 is 6.98. The molecule has 0 saturated heterocycles. The molecule has 0 fully saturated rings. The second-order valence-corrected chi connectivity index (χ2v) is 6.09. The predicted molar refractivity (Wildman–Crippen MR) is 73.3 cm³/mol. The second kappa shape index (κ2) is 4.82. The number of anilines is 2. The number of hydrogen-bond acceptors (Lipinski definition) is 4. The summed E-state index contributed by atoms with van der Waals surface area (Å²) in [6.07, 6.45) is 0. The fraction of sp³-hybridized carbons (Fsp3) is 0.333. The van der Waals surface area contributed by atoms with E-state index in [9.17, 15) is 4.39 Å². The molecular weight excluding hydrogens is 273 g/mol. The zero-order valence-electron chi connectivity index (χ0n) is 10.3. The Kier molecular flexibility index (Phi) is 3.54. The van der Waals surface area contributed by atoms with E-state index in [1.165, 1.54) is 23.7 Å². The smallest absolute Gasteiger partial charge is 0.207 e. The van der Waals surface area contributed by atoms with Gasteiger partial charge in [0.15, 0.2) is 0 Å². The Morgan fingerprint density at radius 2 is 2.06 bits per heavy atom. The quantitative estimate of drug-likeness (QED) is 0.890. The lowest BCUT2D eigenvalue weighted by molar-refractivity contribution is 0.555. The molecule has 1 aromatic carbocycles. The van der Waals surface area contributed by atoms with Crippen LogP contribution < -0.4 is 5.32 Å². The minimum atomic E-state index is -0.435. The molecule has 1 N–H and O–H groups in total. The number of nitrogens with one attached hydrogen (secondary N) is 1. The molecule has 0 saturated carbocycles. The number of aromatic nitrogens is 2. The summed E-state index contributed by atoms with van der Waals surface area (Å²) in [5, 5.41) is 3.81. The van der Waals surface area contributed by atoms with Gasteiger partial charge in [-0.05, 0) is 18.2 Å². The molecule has 2 rings (SSSR count). The molecule has 0 spiro atoms. The van der Waals surface area contributed by atoms with Gasteiger partial charge in [0.25, 0.3) is 0 Å². The minimum Gasteiger partial charge on any atom is -0.330 e. The summed E-state index contributed by atoms with van der Waals surface area (Å²) < 4.78 is 17.3. The van der Waals surface area contributed by atoms with E-state index in [1.807, 2.05) is 20.8 Å². The molecule has 1 aromatic heterocycles. The molecule has 2 aromatic rings. The first-order valence-corrected chi connectivity index (χ1v) is 6.57. The molecule has 0 bridgehead atoms. The van der Waals surface area contributed by atoms with Crippen LogP contribution in [-0.2, 0) is 5.41 Å². The van der Waals surface area contributed by atoms with Crippen molar-refractivity contribution in [2.45, 2.75) is 26.2 Å². The van der Waals surface area contributed by atoms with E-state index in [0.717, 1.165) is 5.82 Å². The first-order valence-electron chi connectivity index (χ1n) is 5.42. The van der Waals surface area contributed by atoms with Crippen LogP contribution in [0.15, 0.2) is 18.2 Å². The van der Waals surface area contributed by atoms with Gasteiger partial charge in [-0.15, -0.1) is 0 Å². The van der Waals surface area contributed by atoms with Crippen molar-refractivity contribution in [3.8, 4) is 0 Å². The van der Waals surface area contributed by atoms with E-state index >= 15 is 0 Å². The largest absolute Gasteiger partial charge is 0.330 e. The molecular formula is C12H13ClFN3S. The number of rotatable bonds is 2. The van der Waals surface area contributed by atoms with E-state index in [0.29, 0.717) is 10.8 Å². The Hall–Kier alpha value is -1.20. The first kappa shape index (κ1) is 13.2. The average molecular weight is 286 g/mol. The van der Waals surface area contributed by atoms with Gasteiger partial charge in [0.2, 0.25) is 5.13 Å². The second-order valence-electron chi connectivity index (χ2n) is 4.93. The number of halogens is 2. The summed E-state index contributed by atoms with van der Waals surface area (Å²) in [6.45, 7) is 6.15. The molecule has 0 atom stereocenters. The van der Waals surface area contributed by atoms with Crippen LogP contribution in [0.2, 0.25) is 5.02 Å². The number of hydrogen-bond donors (Lipinski definition) is 1. The molecule has 96 valence electrons. The maximum atomic E-state index is 13.0. The van der Waals surface area contributed by atoms with Crippen molar-refractivity contribution in [2.24, 2.45) is 0 Å². The van der Waals surface area contributed by atoms with Gasteiger partial charge in [0, 0.05) is 22.6 Å². The summed E-state index contributed by atoms with van der Waals surface area (Å²) in [4.78, 5) is 4.39. The van der Waals surface area contributed by atoms with Crippen LogP contribution in [0.3, 0.4) is 0 Å². The maximum Gasteiger partial charge on any atom is 0.207 e. The summed E-state index contributed by atoms with van der Waals surface area (Å²) in [6, 6.07) is 4.45. The fourth-order valence-corrected chi connectivity index (χ4v) is 2.24. The van der Waals surface area contributed by atoms with Gasteiger partial charge in [-0.2, -0.15) is 4.37 Å². The van der Waals surface area contributed by atoms with Crippen molar-refractivity contribution in [1.82, 2.24) is 9.36 Å². The lowest BCUT2D eigenvalue weighted by atomic mass is 9.96. The third-order valence-electron chi connectivity index (χ3n) is 2.27. The van der Waals surface area contributed by atoms with Crippen LogP contribution in [0.4, 0.5) is 15.2 Å². The summed E-state index contributed by atoms with van der Waals surface area (Å²) in [5.41, 5.74) is 0.606. The zero-order valence-corrected chi connectivity index (χ0v) is 11.9. The Labute approximate surface area is 114 Å². The van der Waals surface area contributed by atoms with Crippen LogP contribution in [0.5, 0.6) is 0 Å². The highest BCUT2D eigenvalue weighted by Crippen LogP contribution is 2.26. The van der Waals surface area contributed by atoms with E-state index in [2.05, 4.69) is 14.7 Å². The van der Waals surface area contributed by atoms with Crippen LogP contribution in [-0.4, -0.2) is 9.36 Å². The molecule has 3 nitrogen and oxygen atoms in total. The standard InChI is InChI=1S/C12H13ClFN3S/c1-12(2,3)10-16-11(18-17-10)15-7-4-5-9(14)8(13)6-7/h4-6H,1-3H3,(H,15,16,17). The van der Waals surface area contributed by atoms with E-state index < -0.39 is 5.82 Å². The van der Waals surface area contributed by atoms with Gasteiger partial charge >= 0.3 is 0 Å². The molecule has 0 aliphatic rings. The first-order chi connectivity index (χ1) is 8.36. The Morgan fingerprint density at radius 3 is 2.61 bits per heavy atom. The van der Waals surface area contributed by atoms with Crippen LogP contribution in [0, 0.1) is 5.82 Å². The van der Waals surface area contributed by atoms with Crippen molar-refractivity contribution >= 4 is 34.0 Å². The van der Waals surface area contributed by atoms with Crippen molar-refractivity contribution < 1.29 is 4.39 Å². The van der Waals surface area contributed by atoms with Gasteiger partial charge < -0.3 is 5.32 Å². The number of benzene rings is 1. The molecule has 0 amide bonds. The lowest BCUT2D eigenvalue weighted by Gasteiger charge is -2.12. The lowest BCUT2D eigenvalue weighted by Crippen LogP contribution is -2.13. The molecule has 0 aliphatic carbocycles. The number of nitrogens with zero attached hydrogens (tertiary/aromatic N) is 2. The van der Waals surface area contributed by atoms with Crippen LogP contribution in [0.1, 0.15) is 26.6 Å². The predicted octanol–water partition coefficient (Wildman–Crippen LogP) is 4.37. The highest BCUT2D eigenvalue weighted by atomic mass is 35.5. The Morgan fingerprint density at radius 1 is 1.33 bits per heavy atom. The highest BCUT2D eigenvalue weighted by molar-refractivity contribution is 7.09. The van der Waals surface area contributed by atoms with E-state index in [1.54, 1.807) is 6.07 Å². The van der Waals surface area contributed by atoms with Gasteiger partial charge in [0.05, 0.1) is 5.02 Å². The molecule has 6 heteroatoms. The summed E-state index contributed by atoms with van der Waals surface area (Å²) in [5.74, 6) is 0.345. The highest BCUT2D eigenvalue weighted by Gasteiger charge is 2.19. The molecule has 0 aliphatic heterocycles. The Balaban J connectivity index is 2.19. The van der Waals surface area contributed by atoms with Crippen molar-refractivity contribution in [3.05, 3.63) is 34.9 Å². The Bertz CT molecular complexity index is 563. The SMILES string of the molecule is CC(C)(C)c1nsc(Nc2ccc(F)c(Cl)c2)n1. The van der Waals surface area contributed by atoms with Crippen molar-refractivity contribution in [2.75, 3.05) is 5.32 Å². The van der Waals surface area contributed by atoms with E-state index in [-0.39, 0.29) is 10.4 Å².